The van der Waals surface area contributed by atoms with E-state index in [1.165, 1.54) is 0 Å². The first-order valence-electron chi connectivity index (χ1n) is 9.70. The fourth-order valence-corrected chi connectivity index (χ4v) is 3.59. The van der Waals surface area contributed by atoms with E-state index >= 15 is 0 Å². The number of rotatable bonds is 5. The Bertz CT molecular complexity index is 1200. The molecule has 1 amide bonds. The summed E-state index contributed by atoms with van der Waals surface area (Å²) in [4.78, 5) is 19.7. The summed E-state index contributed by atoms with van der Waals surface area (Å²) in [7, 11) is 3.15. The minimum absolute atomic E-state index is 0.228. The number of aliphatic imine (C=N–C) groups is 1. The molecule has 0 fully saturated rings. The van der Waals surface area contributed by atoms with E-state index in [0.717, 1.165) is 16.8 Å². The van der Waals surface area contributed by atoms with Crippen molar-refractivity contribution in [2.24, 2.45) is 4.99 Å². The van der Waals surface area contributed by atoms with Crippen LogP contribution in [0.5, 0.6) is 11.5 Å². The van der Waals surface area contributed by atoms with Gasteiger partial charge in [0.25, 0.3) is 5.91 Å². The molecule has 1 aliphatic heterocycles. The fourth-order valence-electron chi connectivity index (χ4n) is 3.37. The Labute approximate surface area is 186 Å². The van der Waals surface area contributed by atoms with Crippen LogP contribution in [0.1, 0.15) is 16.7 Å². The van der Waals surface area contributed by atoms with Crippen LogP contribution in [0, 0.1) is 6.92 Å². The van der Waals surface area contributed by atoms with Gasteiger partial charge in [0.1, 0.15) is 11.5 Å². The second-order valence-electron chi connectivity index (χ2n) is 7.04. The Balaban J connectivity index is 1.83. The summed E-state index contributed by atoms with van der Waals surface area (Å²) in [6, 6.07) is 20.5. The van der Waals surface area contributed by atoms with Gasteiger partial charge >= 0.3 is 0 Å². The topological polar surface area (TPSA) is 51.1 Å². The summed E-state index contributed by atoms with van der Waals surface area (Å²) in [5.41, 5.74) is 3.60. The lowest BCUT2D eigenvalue weighted by Gasteiger charge is -2.19. The zero-order chi connectivity index (χ0) is 22.0. The zero-order valence-corrected chi connectivity index (χ0v) is 18.2. The molecular weight excluding hydrogens is 412 g/mol. The molecule has 4 rings (SSSR count). The summed E-state index contributed by atoms with van der Waals surface area (Å²) >= 11 is 6.44. The molecule has 0 spiro atoms. The predicted molar refractivity (Wildman–Crippen MR) is 124 cm³/mol. The molecule has 0 aliphatic carbocycles. The maximum Gasteiger partial charge on any atom is 0.282 e. The highest BCUT2D eigenvalue weighted by molar-refractivity contribution is 6.39. The van der Waals surface area contributed by atoms with Gasteiger partial charge in [-0.2, -0.15) is 0 Å². The molecular formula is C25H21ClN2O3. The molecule has 0 saturated carbocycles. The van der Waals surface area contributed by atoms with Crippen molar-refractivity contribution < 1.29 is 14.3 Å². The molecule has 0 atom stereocenters. The smallest absolute Gasteiger partial charge is 0.282 e. The third kappa shape index (κ3) is 4.05. The molecule has 0 bridgehead atoms. The summed E-state index contributed by atoms with van der Waals surface area (Å²) in [5.74, 6) is 1.46. The average molecular weight is 433 g/mol. The maximum absolute atomic E-state index is 13.4. The first-order chi connectivity index (χ1) is 15.0. The van der Waals surface area contributed by atoms with Crippen LogP contribution in [0.15, 0.2) is 77.4 Å². The van der Waals surface area contributed by atoms with Gasteiger partial charge in [0.05, 0.1) is 24.9 Å². The number of ether oxygens (including phenoxy) is 2. The number of anilines is 1. The molecule has 5 nitrogen and oxygen atoms in total. The Morgan fingerprint density at radius 3 is 2.32 bits per heavy atom. The van der Waals surface area contributed by atoms with Crippen LogP contribution in [0.25, 0.3) is 6.08 Å². The molecule has 0 saturated heterocycles. The van der Waals surface area contributed by atoms with E-state index in [1.807, 2.05) is 55.5 Å². The normalized spacial score (nSPS) is 14.7. The van der Waals surface area contributed by atoms with Gasteiger partial charge in [-0.25, -0.2) is 4.99 Å². The van der Waals surface area contributed by atoms with Crippen molar-refractivity contribution in [1.29, 1.82) is 0 Å². The van der Waals surface area contributed by atoms with Crippen LogP contribution in [0.4, 0.5) is 5.69 Å². The lowest BCUT2D eigenvalue weighted by molar-refractivity contribution is -0.113. The zero-order valence-electron chi connectivity index (χ0n) is 17.4. The molecule has 3 aromatic rings. The molecule has 0 aromatic heterocycles. The number of hydrogen-bond acceptors (Lipinski definition) is 4. The second kappa shape index (κ2) is 8.66. The number of benzene rings is 3. The van der Waals surface area contributed by atoms with Gasteiger partial charge in [0, 0.05) is 5.56 Å². The van der Waals surface area contributed by atoms with Gasteiger partial charge in [-0.15, -0.1) is 0 Å². The number of hydrogen-bond donors (Lipinski definition) is 0. The summed E-state index contributed by atoms with van der Waals surface area (Å²) in [6.45, 7) is 2.00. The largest absolute Gasteiger partial charge is 0.493 e. The molecule has 6 heteroatoms. The Hall–Kier alpha value is -3.57. The highest BCUT2D eigenvalue weighted by Crippen LogP contribution is 2.32. The van der Waals surface area contributed by atoms with Crippen molar-refractivity contribution in [1.82, 2.24) is 0 Å². The second-order valence-corrected chi connectivity index (χ2v) is 7.44. The number of aryl methyl sites for hydroxylation is 1. The van der Waals surface area contributed by atoms with Crippen LogP contribution in [0.3, 0.4) is 0 Å². The lowest BCUT2D eigenvalue weighted by atomic mass is 10.1. The third-order valence-electron chi connectivity index (χ3n) is 4.98. The van der Waals surface area contributed by atoms with Gasteiger partial charge in [0.2, 0.25) is 0 Å². The Morgan fingerprint density at radius 1 is 0.935 bits per heavy atom. The Kier molecular flexibility index (Phi) is 5.78. The van der Waals surface area contributed by atoms with E-state index in [1.54, 1.807) is 43.4 Å². The minimum atomic E-state index is -0.228. The fraction of sp³-hybridized carbons (Fsp3) is 0.120. The first-order valence-corrected chi connectivity index (χ1v) is 10.1. The standard InChI is InChI=1S/C25H21ClN2O3/c1-16-8-11-18(12-9-16)28-24(19-6-4-5-7-20(19)26)27-21(25(28)29)14-17-10-13-22(30-2)23(15-17)31-3/h4-15H,1-3H3/b21-14+. The molecule has 0 unspecified atom stereocenters. The molecule has 1 aliphatic rings. The van der Waals surface area contributed by atoms with Crippen molar-refractivity contribution in [2.45, 2.75) is 6.92 Å². The minimum Gasteiger partial charge on any atom is -0.493 e. The molecule has 0 N–H and O–H groups in total. The molecule has 0 radical (unpaired) electrons. The van der Waals surface area contributed by atoms with Crippen molar-refractivity contribution in [2.75, 3.05) is 19.1 Å². The van der Waals surface area contributed by atoms with Crippen molar-refractivity contribution in [3.05, 3.63) is 94.1 Å². The van der Waals surface area contributed by atoms with Crippen LogP contribution >= 0.6 is 11.6 Å². The highest BCUT2D eigenvalue weighted by atomic mass is 35.5. The summed E-state index contributed by atoms with van der Waals surface area (Å²) < 4.78 is 10.7. The maximum atomic E-state index is 13.4. The van der Waals surface area contributed by atoms with E-state index < -0.39 is 0 Å². The van der Waals surface area contributed by atoms with Gasteiger partial charge in [-0.05, 0) is 55.0 Å². The number of carbonyl (C=O) groups is 1. The van der Waals surface area contributed by atoms with E-state index in [0.29, 0.717) is 33.6 Å². The highest BCUT2D eigenvalue weighted by Gasteiger charge is 2.33. The predicted octanol–water partition coefficient (Wildman–Crippen LogP) is 5.50. The van der Waals surface area contributed by atoms with Gasteiger partial charge < -0.3 is 9.47 Å². The van der Waals surface area contributed by atoms with Crippen LogP contribution < -0.4 is 14.4 Å². The van der Waals surface area contributed by atoms with E-state index in [4.69, 9.17) is 21.1 Å². The quantitative estimate of drug-likeness (QED) is 0.500. The van der Waals surface area contributed by atoms with E-state index in [-0.39, 0.29) is 5.91 Å². The number of methoxy groups -OCH3 is 2. The number of amidine groups is 1. The van der Waals surface area contributed by atoms with Crippen molar-refractivity contribution in [3.8, 4) is 11.5 Å². The van der Waals surface area contributed by atoms with Crippen LogP contribution in [-0.4, -0.2) is 26.0 Å². The molecule has 3 aromatic carbocycles. The number of carbonyl (C=O) groups excluding carboxylic acids is 1. The number of halogens is 1. The molecule has 31 heavy (non-hydrogen) atoms. The van der Waals surface area contributed by atoms with Crippen molar-refractivity contribution in [3.63, 3.8) is 0 Å². The lowest BCUT2D eigenvalue weighted by Crippen LogP contribution is -2.32. The average Bonchev–Trinajstić information content (AvgIpc) is 3.10. The molecule has 156 valence electrons. The number of amides is 1. The Morgan fingerprint density at radius 2 is 1.65 bits per heavy atom. The number of nitrogens with zero attached hydrogens (tertiary/aromatic N) is 2. The van der Waals surface area contributed by atoms with Crippen molar-refractivity contribution >= 4 is 35.1 Å². The summed E-state index contributed by atoms with van der Waals surface area (Å²) in [5, 5.41) is 0.526. The first kappa shape index (κ1) is 20.7. The monoisotopic (exact) mass is 432 g/mol. The van der Waals surface area contributed by atoms with Gasteiger partial charge in [0.15, 0.2) is 11.5 Å². The van der Waals surface area contributed by atoms with Crippen LogP contribution in [0.2, 0.25) is 5.02 Å². The van der Waals surface area contributed by atoms with Crippen LogP contribution in [-0.2, 0) is 4.79 Å². The van der Waals surface area contributed by atoms with Gasteiger partial charge in [-0.1, -0.05) is 47.5 Å². The van der Waals surface area contributed by atoms with Gasteiger partial charge in [-0.3, -0.25) is 9.69 Å². The summed E-state index contributed by atoms with van der Waals surface area (Å²) in [6.07, 6.45) is 1.73. The van der Waals surface area contributed by atoms with E-state index in [2.05, 4.69) is 4.99 Å². The van der Waals surface area contributed by atoms with E-state index in [9.17, 15) is 4.79 Å². The SMILES string of the molecule is COc1ccc(/C=C2/N=C(c3ccccc3Cl)N(c3ccc(C)cc3)C2=O)cc1OC. The molecule has 1 heterocycles. The third-order valence-corrected chi connectivity index (χ3v) is 5.31.